The SMILES string of the molecule is CCNC(=NCc1ccc(C)cc1OCC)NCCCOCC(F)(F)F. The number of rotatable bonds is 10. The van der Waals surface area contributed by atoms with Gasteiger partial charge in [0.1, 0.15) is 12.4 Å². The van der Waals surface area contributed by atoms with Gasteiger partial charge in [-0.2, -0.15) is 13.2 Å². The molecule has 0 heterocycles. The Balaban J connectivity index is 2.51. The van der Waals surface area contributed by atoms with Crippen LogP contribution in [0.2, 0.25) is 0 Å². The molecule has 2 N–H and O–H groups in total. The van der Waals surface area contributed by atoms with E-state index in [2.05, 4.69) is 20.4 Å². The maximum Gasteiger partial charge on any atom is 0.411 e. The number of alkyl halides is 3. The molecule has 0 aliphatic carbocycles. The highest BCUT2D eigenvalue weighted by molar-refractivity contribution is 5.79. The minimum absolute atomic E-state index is 0.0400. The smallest absolute Gasteiger partial charge is 0.411 e. The summed E-state index contributed by atoms with van der Waals surface area (Å²) in [5.41, 5.74) is 2.09. The van der Waals surface area contributed by atoms with Crippen molar-refractivity contribution in [1.82, 2.24) is 10.6 Å². The summed E-state index contributed by atoms with van der Waals surface area (Å²) in [6.07, 6.45) is -3.83. The minimum atomic E-state index is -4.28. The topological polar surface area (TPSA) is 54.9 Å². The number of benzene rings is 1. The molecule has 0 unspecified atom stereocenters. The van der Waals surface area contributed by atoms with Gasteiger partial charge in [0.15, 0.2) is 5.96 Å². The van der Waals surface area contributed by atoms with Crippen LogP contribution in [-0.4, -0.2) is 45.0 Å². The molecule has 148 valence electrons. The van der Waals surface area contributed by atoms with E-state index in [1.807, 2.05) is 39.0 Å². The molecule has 0 amide bonds. The fraction of sp³-hybridized carbons (Fsp3) is 0.611. The van der Waals surface area contributed by atoms with Gasteiger partial charge in [-0.1, -0.05) is 12.1 Å². The van der Waals surface area contributed by atoms with E-state index in [9.17, 15) is 13.2 Å². The van der Waals surface area contributed by atoms with Gasteiger partial charge in [-0.25, -0.2) is 4.99 Å². The fourth-order valence-corrected chi connectivity index (χ4v) is 2.16. The highest BCUT2D eigenvalue weighted by Crippen LogP contribution is 2.21. The molecule has 1 rings (SSSR count). The molecular weight excluding hydrogens is 347 g/mol. The number of aryl methyl sites for hydroxylation is 1. The van der Waals surface area contributed by atoms with Crippen molar-refractivity contribution >= 4 is 5.96 Å². The molecule has 0 saturated heterocycles. The van der Waals surface area contributed by atoms with E-state index < -0.39 is 12.8 Å². The zero-order chi connectivity index (χ0) is 19.4. The normalized spacial score (nSPS) is 12.2. The van der Waals surface area contributed by atoms with Gasteiger partial charge in [0, 0.05) is 25.3 Å². The molecule has 0 aliphatic heterocycles. The molecule has 0 saturated carbocycles. The largest absolute Gasteiger partial charge is 0.494 e. The van der Waals surface area contributed by atoms with Crippen molar-refractivity contribution in [2.24, 2.45) is 4.99 Å². The fourth-order valence-electron chi connectivity index (χ4n) is 2.16. The first-order valence-corrected chi connectivity index (χ1v) is 8.74. The third-order valence-electron chi connectivity index (χ3n) is 3.30. The average Bonchev–Trinajstić information content (AvgIpc) is 2.56. The molecular formula is C18H28F3N3O2. The summed E-state index contributed by atoms with van der Waals surface area (Å²) < 4.78 is 46.2. The summed E-state index contributed by atoms with van der Waals surface area (Å²) in [6, 6.07) is 5.97. The van der Waals surface area contributed by atoms with Crippen LogP contribution in [0.5, 0.6) is 5.75 Å². The molecule has 0 fully saturated rings. The lowest BCUT2D eigenvalue weighted by Crippen LogP contribution is -2.38. The van der Waals surface area contributed by atoms with Crippen LogP contribution >= 0.6 is 0 Å². The second-order valence-corrected chi connectivity index (χ2v) is 5.69. The van der Waals surface area contributed by atoms with Crippen molar-refractivity contribution in [3.8, 4) is 5.75 Å². The van der Waals surface area contributed by atoms with Gasteiger partial charge >= 0.3 is 6.18 Å². The molecule has 0 aromatic heterocycles. The minimum Gasteiger partial charge on any atom is -0.494 e. The number of nitrogens with one attached hydrogen (secondary N) is 2. The molecule has 0 radical (unpaired) electrons. The van der Waals surface area contributed by atoms with Crippen molar-refractivity contribution in [3.63, 3.8) is 0 Å². The number of hydrogen-bond donors (Lipinski definition) is 2. The number of aliphatic imine (C=N–C) groups is 1. The second kappa shape index (κ2) is 11.6. The summed E-state index contributed by atoms with van der Waals surface area (Å²) in [5, 5.41) is 6.20. The molecule has 8 heteroatoms. The first-order valence-electron chi connectivity index (χ1n) is 8.74. The van der Waals surface area contributed by atoms with Crippen LogP contribution in [0, 0.1) is 6.92 Å². The zero-order valence-corrected chi connectivity index (χ0v) is 15.6. The Morgan fingerprint density at radius 3 is 2.62 bits per heavy atom. The Bertz CT molecular complexity index is 563. The molecule has 1 aromatic rings. The number of guanidine groups is 1. The first-order chi connectivity index (χ1) is 12.4. The van der Waals surface area contributed by atoms with E-state index >= 15 is 0 Å². The summed E-state index contributed by atoms with van der Waals surface area (Å²) in [7, 11) is 0. The summed E-state index contributed by atoms with van der Waals surface area (Å²) in [5.74, 6) is 1.42. The summed E-state index contributed by atoms with van der Waals surface area (Å²) in [4.78, 5) is 4.51. The molecule has 1 aromatic carbocycles. The lowest BCUT2D eigenvalue weighted by molar-refractivity contribution is -0.173. The second-order valence-electron chi connectivity index (χ2n) is 5.69. The van der Waals surface area contributed by atoms with Crippen molar-refractivity contribution in [1.29, 1.82) is 0 Å². The van der Waals surface area contributed by atoms with Gasteiger partial charge in [0.25, 0.3) is 0 Å². The number of halogens is 3. The third kappa shape index (κ3) is 9.50. The van der Waals surface area contributed by atoms with E-state index in [1.54, 1.807) is 0 Å². The van der Waals surface area contributed by atoms with Crippen LogP contribution in [-0.2, 0) is 11.3 Å². The maximum absolute atomic E-state index is 12.0. The van der Waals surface area contributed by atoms with Crippen LogP contribution in [0.25, 0.3) is 0 Å². The first kappa shape index (κ1) is 22.1. The molecule has 0 aliphatic rings. The van der Waals surface area contributed by atoms with Gasteiger partial charge in [0.05, 0.1) is 13.2 Å². The van der Waals surface area contributed by atoms with Crippen LogP contribution in [0.15, 0.2) is 23.2 Å². The number of nitrogens with zero attached hydrogens (tertiary/aromatic N) is 1. The van der Waals surface area contributed by atoms with Gasteiger partial charge in [0.2, 0.25) is 0 Å². The van der Waals surface area contributed by atoms with Crippen molar-refractivity contribution in [3.05, 3.63) is 29.3 Å². The van der Waals surface area contributed by atoms with E-state index in [-0.39, 0.29) is 6.61 Å². The quantitative estimate of drug-likeness (QED) is 0.374. The zero-order valence-electron chi connectivity index (χ0n) is 15.6. The average molecular weight is 375 g/mol. The van der Waals surface area contributed by atoms with E-state index in [4.69, 9.17) is 4.74 Å². The molecule has 0 bridgehead atoms. The number of hydrogen-bond acceptors (Lipinski definition) is 3. The van der Waals surface area contributed by atoms with Crippen LogP contribution in [0.1, 0.15) is 31.4 Å². The lowest BCUT2D eigenvalue weighted by Gasteiger charge is -2.13. The highest BCUT2D eigenvalue weighted by atomic mass is 19.4. The van der Waals surface area contributed by atoms with Crippen LogP contribution in [0.3, 0.4) is 0 Å². The third-order valence-corrected chi connectivity index (χ3v) is 3.30. The lowest BCUT2D eigenvalue weighted by atomic mass is 10.1. The van der Waals surface area contributed by atoms with Crippen LogP contribution in [0.4, 0.5) is 13.2 Å². The van der Waals surface area contributed by atoms with E-state index in [0.29, 0.717) is 38.6 Å². The Hall–Kier alpha value is -1.96. The van der Waals surface area contributed by atoms with Gasteiger partial charge in [-0.15, -0.1) is 0 Å². The standard InChI is InChI=1S/C18H28F3N3O2/c1-4-22-17(23-9-6-10-25-13-18(19,20)21)24-12-15-8-7-14(3)11-16(15)26-5-2/h7-8,11H,4-6,9-10,12-13H2,1-3H3,(H2,22,23,24). The summed E-state index contributed by atoms with van der Waals surface area (Å²) >= 11 is 0. The Morgan fingerprint density at radius 1 is 1.19 bits per heavy atom. The molecule has 0 atom stereocenters. The van der Waals surface area contributed by atoms with Gasteiger partial charge in [-0.05, 0) is 38.8 Å². The maximum atomic E-state index is 12.0. The van der Waals surface area contributed by atoms with Crippen molar-refractivity contribution < 1.29 is 22.6 Å². The van der Waals surface area contributed by atoms with E-state index in [0.717, 1.165) is 16.9 Å². The predicted molar refractivity (Wildman–Crippen MR) is 96.7 cm³/mol. The molecule has 26 heavy (non-hydrogen) atoms. The Morgan fingerprint density at radius 2 is 1.96 bits per heavy atom. The molecule has 0 spiro atoms. The van der Waals surface area contributed by atoms with E-state index in [1.165, 1.54) is 0 Å². The van der Waals surface area contributed by atoms with Gasteiger partial charge < -0.3 is 20.1 Å². The monoisotopic (exact) mass is 375 g/mol. The van der Waals surface area contributed by atoms with Crippen molar-refractivity contribution in [2.75, 3.05) is 32.9 Å². The van der Waals surface area contributed by atoms with Crippen LogP contribution < -0.4 is 15.4 Å². The molecule has 5 nitrogen and oxygen atoms in total. The Kier molecular flexibility index (Phi) is 9.87. The summed E-state index contributed by atoms with van der Waals surface area (Å²) in [6.45, 7) is 6.88. The predicted octanol–water partition coefficient (Wildman–Crippen LogP) is 3.42. The van der Waals surface area contributed by atoms with Crippen molar-refractivity contribution in [2.45, 2.75) is 39.9 Å². The highest BCUT2D eigenvalue weighted by Gasteiger charge is 2.27. The van der Waals surface area contributed by atoms with Gasteiger partial charge in [-0.3, -0.25) is 0 Å². The Labute approximate surface area is 153 Å². The number of ether oxygens (including phenoxy) is 2.